The van der Waals surface area contributed by atoms with Gasteiger partial charge in [-0.1, -0.05) is 29.8 Å². The third-order valence-corrected chi connectivity index (χ3v) is 3.95. The number of aromatic nitrogens is 2. The summed E-state index contributed by atoms with van der Waals surface area (Å²) < 4.78 is 3.30. The van der Waals surface area contributed by atoms with Gasteiger partial charge in [0.1, 0.15) is 5.82 Å². The highest BCUT2D eigenvalue weighted by Gasteiger charge is 2.17. The van der Waals surface area contributed by atoms with Crippen molar-refractivity contribution in [1.29, 1.82) is 0 Å². The van der Waals surface area contributed by atoms with Gasteiger partial charge in [0.2, 0.25) is 0 Å². The van der Waals surface area contributed by atoms with Crippen molar-refractivity contribution in [2.24, 2.45) is 5.92 Å². The molecule has 2 rings (SSSR count). The van der Waals surface area contributed by atoms with Crippen molar-refractivity contribution in [2.45, 2.75) is 32.7 Å². The van der Waals surface area contributed by atoms with E-state index in [-0.39, 0.29) is 0 Å². The number of alkyl halides is 1. The number of fused-ring (bicyclic) bond motifs is 1. The van der Waals surface area contributed by atoms with Gasteiger partial charge in [-0.25, -0.2) is 4.98 Å². The maximum absolute atomic E-state index is 6.00. The van der Waals surface area contributed by atoms with Crippen molar-refractivity contribution in [2.75, 3.05) is 0 Å². The number of benzene rings is 1. The summed E-state index contributed by atoms with van der Waals surface area (Å²) >= 11 is 9.47. The van der Waals surface area contributed by atoms with Crippen LogP contribution in [0.1, 0.15) is 32.6 Å². The Kier molecular flexibility index (Phi) is 3.79. The van der Waals surface area contributed by atoms with Crippen molar-refractivity contribution in [3.8, 4) is 0 Å². The second-order valence-corrected chi connectivity index (χ2v) is 5.83. The lowest BCUT2D eigenvalue weighted by atomic mass is 10.1. The van der Waals surface area contributed by atoms with Gasteiger partial charge in [-0.05, 0) is 31.0 Å². The molecule has 0 amide bonds. The van der Waals surface area contributed by atoms with E-state index in [0.29, 0.717) is 17.8 Å². The van der Waals surface area contributed by atoms with Gasteiger partial charge in [-0.3, -0.25) is 0 Å². The zero-order valence-electron chi connectivity index (χ0n) is 10.2. The van der Waals surface area contributed by atoms with Crippen LogP contribution in [0, 0.1) is 5.92 Å². The standard InChI is InChI=1S/C13H16BrClN2/c1-8(2)9(3)17-12-5-4-10(14)6-11(12)16-13(17)7-15/h4-6,8-9H,7H2,1-3H3. The molecule has 1 atom stereocenters. The van der Waals surface area contributed by atoms with Crippen molar-refractivity contribution < 1.29 is 0 Å². The van der Waals surface area contributed by atoms with Crippen molar-refractivity contribution in [3.05, 3.63) is 28.5 Å². The van der Waals surface area contributed by atoms with Crippen LogP contribution in [0.15, 0.2) is 22.7 Å². The van der Waals surface area contributed by atoms with Crippen molar-refractivity contribution in [3.63, 3.8) is 0 Å². The van der Waals surface area contributed by atoms with Crippen LogP contribution in [-0.4, -0.2) is 9.55 Å². The van der Waals surface area contributed by atoms with E-state index in [1.54, 1.807) is 0 Å². The SMILES string of the molecule is CC(C)C(C)n1c(CCl)nc2cc(Br)ccc21. The first-order valence-electron chi connectivity index (χ1n) is 5.77. The smallest absolute Gasteiger partial charge is 0.125 e. The number of hydrogen-bond acceptors (Lipinski definition) is 1. The molecule has 92 valence electrons. The van der Waals surface area contributed by atoms with E-state index >= 15 is 0 Å². The summed E-state index contributed by atoms with van der Waals surface area (Å²) in [5.41, 5.74) is 2.16. The van der Waals surface area contributed by atoms with Crippen LogP contribution in [0.25, 0.3) is 11.0 Å². The number of rotatable bonds is 3. The monoisotopic (exact) mass is 314 g/mol. The van der Waals surface area contributed by atoms with Crippen LogP contribution < -0.4 is 0 Å². The Balaban J connectivity index is 2.66. The fraction of sp³-hybridized carbons (Fsp3) is 0.462. The van der Waals surface area contributed by atoms with Crippen LogP contribution in [-0.2, 0) is 5.88 Å². The van der Waals surface area contributed by atoms with E-state index in [0.717, 1.165) is 21.3 Å². The summed E-state index contributed by atoms with van der Waals surface area (Å²) in [6, 6.07) is 6.58. The molecule has 4 heteroatoms. The first-order valence-corrected chi connectivity index (χ1v) is 7.09. The van der Waals surface area contributed by atoms with E-state index < -0.39 is 0 Å². The van der Waals surface area contributed by atoms with Crippen molar-refractivity contribution >= 4 is 38.6 Å². The molecular formula is C13H16BrClN2. The van der Waals surface area contributed by atoms with Crippen molar-refractivity contribution in [1.82, 2.24) is 9.55 Å². The number of hydrogen-bond donors (Lipinski definition) is 0. The number of nitrogens with zero attached hydrogens (tertiary/aromatic N) is 2. The Morgan fingerprint density at radius 2 is 2.06 bits per heavy atom. The lowest BCUT2D eigenvalue weighted by Crippen LogP contribution is -2.13. The lowest BCUT2D eigenvalue weighted by Gasteiger charge is -2.20. The summed E-state index contributed by atoms with van der Waals surface area (Å²) in [5, 5.41) is 0. The fourth-order valence-electron chi connectivity index (χ4n) is 1.97. The molecule has 0 aliphatic rings. The zero-order valence-corrected chi connectivity index (χ0v) is 12.6. The van der Waals surface area contributed by atoms with Gasteiger partial charge in [0, 0.05) is 10.5 Å². The zero-order chi connectivity index (χ0) is 12.6. The third kappa shape index (κ3) is 2.36. The fourth-order valence-corrected chi connectivity index (χ4v) is 2.51. The van der Waals surface area contributed by atoms with Crippen LogP contribution in [0.3, 0.4) is 0 Å². The Hall–Kier alpha value is -0.540. The quantitative estimate of drug-likeness (QED) is 0.747. The molecule has 2 nitrogen and oxygen atoms in total. The Morgan fingerprint density at radius 1 is 1.35 bits per heavy atom. The molecule has 0 N–H and O–H groups in total. The molecule has 0 radical (unpaired) electrons. The summed E-state index contributed by atoms with van der Waals surface area (Å²) in [4.78, 5) is 4.60. The first kappa shape index (κ1) is 12.9. The minimum absolute atomic E-state index is 0.398. The molecule has 2 aromatic rings. The van der Waals surface area contributed by atoms with Gasteiger partial charge in [0.15, 0.2) is 0 Å². The molecule has 0 fully saturated rings. The molecular weight excluding hydrogens is 300 g/mol. The molecule has 0 saturated heterocycles. The van der Waals surface area contributed by atoms with E-state index in [4.69, 9.17) is 11.6 Å². The minimum Gasteiger partial charge on any atom is -0.324 e. The highest BCUT2D eigenvalue weighted by Crippen LogP contribution is 2.28. The number of imidazole rings is 1. The van der Waals surface area contributed by atoms with Crippen LogP contribution in [0.4, 0.5) is 0 Å². The average molecular weight is 316 g/mol. The molecule has 17 heavy (non-hydrogen) atoms. The maximum Gasteiger partial charge on any atom is 0.125 e. The molecule has 0 aliphatic carbocycles. The van der Waals surface area contributed by atoms with Crippen LogP contribution >= 0.6 is 27.5 Å². The molecule has 0 bridgehead atoms. The molecule has 0 saturated carbocycles. The first-order chi connectivity index (χ1) is 8.04. The second kappa shape index (κ2) is 4.99. The third-order valence-electron chi connectivity index (χ3n) is 3.22. The van der Waals surface area contributed by atoms with Gasteiger partial charge in [0.05, 0.1) is 16.9 Å². The summed E-state index contributed by atoms with van der Waals surface area (Å²) in [6.07, 6.45) is 0. The predicted octanol–water partition coefficient (Wildman–Crippen LogP) is 4.75. The maximum atomic E-state index is 6.00. The largest absolute Gasteiger partial charge is 0.324 e. The summed E-state index contributed by atoms with van der Waals surface area (Å²) in [5.74, 6) is 1.95. The highest BCUT2D eigenvalue weighted by atomic mass is 79.9. The molecule has 1 unspecified atom stereocenters. The molecule has 1 aromatic heterocycles. The Labute approximate surface area is 115 Å². The molecule has 0 spiro atoms. The molecule has 1 aromatic carbocycles. The summed E-state index contributed by atoms with van der Waals surface area (Å²) in [7, 11) is 0. The van der Waals surface area contributed by atoms with Gasteiger partial charge in [-0.15, -0.1) is 11.6 Å². The minimum atomic E-state index is 0.398. The Bertz CT molecular complexity index is 533. The van der Waals surface area contributed by atoms with Gasteiger partial charge in [0.25, 0.3) is 0 Å². The van der Waals surface area contributed by atoms with E-state index in [2.05, 4.69) is 52.3 Å². The van der Waals surface area contributed by atoms with E-state index in [1.807, 2.05) is 12.1 Å². The van der Waals surface area contributed by atoms with Gasteiger partial charge in [-0.2, -0.15) is 0 Å². The van der Waals surface area contributed by atoms with Gasteiger partial charge >= 0.3 is 0 Å². The predicted molar refractivity (Wildman–Crippen MR) is 76.5 cm³/mol. The Morgan fingerprint density at radius 3 is 2.65 bits per heavy atom. The average Bonchev–Trinajstić information content (AvgIpc) is 2.65. The topological polar surface area (TPSA) is 17.8 Å². The summed E-state index contributed by atoms with van der Waals surface area (Å²) in [6.45, 7) is 6.64. The van der Waals surface area contributed by atoms with Crippen LogP contribution in [0.2, 0.25) is 0 Å². The number of halogens is 2. The molecule has 1 heterocycles. The van der Waals surface area contributed by atoms with E-state index in [1.165, 1.54) is 0 Å². The molecule has 0 aliphatic heterocycles. The highest BCUT2D eigenvalue weighted by molar-refractivity contribution is 9.10. The lowest BCUT2D eigenvalue weighted by molar-refractivity contribution is 0.409. The van der Waals surface area contributed by atoms with Crippen LogP contribution in [0.5, 0.6) is 0 Å². The van der Waals surface area contributed by atoms with E-state index in [9.17, 15) is 0 Å². The normalized spacial score (nSPS) is 13.5. The van der Waals surface area contributed by atoms with Gasteiger partial charge < -0.3 is 4.57 Å². The second-order valence-electron chi connectivity index (χ2n) is 4.65.